The van der Waals surface area contributed by atoms with Gasteiger partial charge in [0.25, 0.3) is 0 Å². The Balaban J connectivity index is 1.11. The van der Waals surface area contributed by atoms with Crippen LogP contribution < -0.4 is 20.9 Å². The van der Waals surface area contributed by atoms with E-state index >= 15 is 0 Å². The summed E-state index contributed by atoms with van der Waals surface area (Å²) in [6.07, 6.45) is 0. The number of hydrogen-bond acceptors (Lipinski definition) is 3. The van der Waals surface area contributed by atoms with Gasteiger partial charge in [-0.15, -0.1) is 0 Å². The van der Waals surface area contributed by atoms with Gasteiger partial charge >= 0.3 is 0 Å². The summed E-state index contributed by atoms with van der Waals surface area (Å²) in [5.41, 5.74) is 10.5. The third-order valence-corrected chi connectivity index (χ3v) is 16.6. The Bertz CT molecular complexity index is 3300. The number of nitrogens with zero attached hydrogens (tertiary/aromatic N) is 3. The maximum atomic E-state index is 6.40. The molecule has 0 fully saturated rings. The first kappa shape index (κ1) is 32.0. The fourth-order valence-corrected chi connectivity index (χ4v) is 14.4. The molecule has 12 rings (SSSR count). The Kier molecular flexibility index (Phi) is 6.91. The molecule has 0 unspecified atom stereocenters. The zero-order valence-corrected chi connectivity index (χ0v) is 31.8. The van der Waals surface area contributed by atoms with E-state index in [-0.39, 0.29) is 0 Å². The first-order valence-corrected chi connectivity index (χ1v) is 21.4. The highest BCUT2D eigenvalue weighted by Gasteiger charge is 2.51. The normalized spacial score (nSPS) is 13.1. The highest BCUT2D eigenvalue weighted by Crippen LogP contribution is 2.40. The molecule has 0 saturated heterocycles. The zero-order chi connectivity index (χ0) is 37.5. The van der Waals surface area contributed by atoms with Gasteiger partial charge < -0.3 is 8.98 Å². The summed E-state index contributed by atoms with van der Waals surface area (Å²) in [5.74, 6) is 0.738. The molecule has 4 nitrogen and oxygen atoms in total. The molecule has 1 aliphatic rings. The van der Waals surface area contributed by atoms with Crippen LogP contribution in [0.4, 0.5) is 0 Å². The maximum Gasteiger partial charge on any atom is 0.203 e. The molecule has 266 valence electrons. The Morgan fingerprint density at radius 2 is 1.07 bits per heavy atom. The number of aromatic nitrogens is 3. The van der Waals surface area contributed by atoms with E-state index in [0.717, 1.165) is 72.2 Å². The largest absolute Gasteiger partial charge is 0.456 e. The second-order valence-corrected chi connectivity index (χ2v) is 18.5. The van der Waals surface area contributed by atoms with Gasteiger partial charge in [0.2, 0.25) is 8.07 Å². The molecule has 0 atom stereocenters. The molecule has 1 aliphatic heterocycles. The van der Waals surface area contributed by atoms with E-state index in [1.54, 1.807) is 0 Å². The second kappa shape index (κ2) is 12.3. The molecule has 57 heavy (non-hydrogen) atoms. The number of rotatable bonds is 5. The van der Waals surface area contributed by atoms with E-state index in [1.165, 1.54) is 31.9 Å². The molecule has 0 saturated carbocycles. The van der Waals surface area contributed by atoms with Crippen LogP contribution in [0.25, 0.3) is 83.2 Å². The Morgan fingerprint density at radius 3 is 1.82 bits per heavy atom. The lowest BCUT2D eigenvalue weighted by Crippen LogP contribution is -2.73. The molecule has 0 N–H and O–H groups in total. The van der Waals surface area contributed by atoms with Gasteiger partial charge in [0.05, 0.1) is 22.0 Å². The summed E-state index contributed by atoms with van der Waals surface area (Å²) in [6.45, 7) is 0. The zero-order valence-electron chi connectivity index (χ0n) is 30.8. The van der Waals surface area contributed by atoms with Gasteiger partial charge in [0, 0.05) is 50.0 Å². The summed E-state index contributed by atoms with van der Waals surface area (Å²) in [7, 11) is -2.87. The topological polar surface area (TPSA) is 43.9 Å². The number of para-hydroxylation sites is 2. The van der Waals surface area contributed by atoms with Crippen molar-refractivity contribution in [2.75, 3.05) is 0 Å². The van der Waals surface area contributed by atoms with Crippen LogP contribution in [0.3, 0.4) is 0 Å². The van der Waals surface area contributed by atoms with Crippen molar-refractivity contribution in [1.29, 1.82) is 0 Å². The third-order valence-electron chi connectivity index (χ3n) is 11.9. The van der Waals surface area contributed by atoms with Gasteiger partial charge in [-0.2, -0.15) is 0 Å². The third kappa shape index (κ3) is 4.61. The van der Waals surface area contributed by atoms with Crippen molar-refractivity contribution in [1.82, 2.24) is 14.5 Å². The summed E-state index contributed by atoms with van der Waals surface area (Å²) >= 11 is 0. The van der Waals surface area contributed by atoms with Gasteiger partial charge in [-0.1, -0.05) is 164 Å². The van der Waals surface area contributed by atoms with E-state index in [1.807, 2.05) is 18.2 Å². The first-order chi connectivity index (χ1) is 28.3. The summed E-state index contributed by atoms with van der Waals surface area (Å²) in [4.78, 5) is 11.1. The molecule has 0 radical (unpaired) electrons. The molecular weight excluding hydrogens is 711 g/mol. The molecule has 5 heteroatoms. The fourth-order valence-electron chi connectivity index (χ4n) is 9.43. The lowest BCUT2D eigenvalue weighted by molar-refractivity contribution is 0.669. The minimum Gasteiger partial charge on any atom is -0.456 e. The standard InChI is InChI=1S/C52H33N3OSi/c1-4-16-35(17-5-1)51-53-50(49-41-24-12-15-27-48(41)57(52(49)54-51,37-18-6-2-7-19-37)38-20-8-3-9-21-38)34-28-30-36(31-29-34)55-44-25-13-10-22-39(44)42-32-43-40-23-11-14-26-46(40)56-47(43)33-45(42)55/h1-33H. The minimum atomic E-state index is -2.87. The van der Waals surface area contributed by atoms with Crippen molar-refractivity contribution in [2.45, 2.75) is 0 Å². The molecule has 3 aromatic heterocycles. The van der Waals surface area contributed by atoms with Crippen LogP contribution in [0.1, 0.15) is 0 Å². The summed E-state index contributed by atoms with van der Waals surface area (Å²) in [5, 5.41) is 9.78. The average molecular weight is 744 g/mol. The van der Waals surface area contributed by atoms with Crippen molar-refractivity contribution in [3.8, 4) is 39.5 Å². The summed E-state index contributed by atoms with van der Waals surface area (Å²) in [6, 6.07) is 71.9. The highest BCUT2D eigenvalue weighted by atomic mass is 28.3. The monoisotopic (exact) mass is 743 g/mol. The predicted octanol–water partition coefficient (Wildman–Crippen LogP) is 10.2. The number of fused-ring (bicyclic) bond motifs is 9. The molecule has 11 aromatic rings. The van der Waals surface area contributed by atoms with Gasteiger partial charge in [-0.05, 0) is 51.5 Å². The molecule has 0 amide bonds. The van der Waals surface area contributed by atoms with E-state index < -0.39 is 8.07 Å². The Labute approximate surface area is 330 Å². The SMILES string of the molecule is c1ccc(-c2nc(-c3ccc(-n4c5ccccc5c5cc6c(cc54)oc4ccccc46)cc3)c3c(n2)[Si](c2ccccc2)(c2ccccc2)c2ccccc2-3)cc1. The Morgan fingerprint density at radius 1 is 0.439 bits per heavy atom. The van der Waals surface area contributed by atoms with Crippen LogP contribution in [-0.2, 0) is 0 Å². The molecule has 0 aliphatic carbocycles. The molecule has 8 aromatic carbocycles. The van der Waals surface area contributed by atoms with Crippen molar-refractivity contribution in [3.05, 3.63) is 200 Å². The van der Waals surface area contributed by atoms with Crippen LogP contribution in [0.2, 0.25) is 0 Å². The van der Waals surface area contributed by atoms with Crippen LogP contribution in [0, 0.1) is 0 Å². The smallest absolute Gasteiger partial charge is 0.203 e. The minimum absolute atomic E-state index is 0.738. The number of furan rings is 1. The van der Waals surface area contributed by atoms with Crippen LogP contribution in [0.15, 0.2) is 205 Å². The molecule has 0 bridgehead atoms. The number of benzene rings is 8. The lowest BCUT2D eigenvalue weighted by Gasteiger charge is -2.30. The van der Waals surface area contributed by atoms with Crippen LogP contribution in [-0.4, -0.2) is 22.6 Å². The van der Waals surface area contributed by atoms with Crippen molar-refractivity contribution >= 4 is 72.7 Å². The van der Waals surface area contributed by atoms with Crippen molar-refractivity contribution in [2.24, 2.45) is 0 Å². The highest BCUT2D eigenvalue weighted by molar-refractivity contribution is 7.21. The van der Waals surface area contributed by atoms with Gasteiger partial charge in [0.15, 0.2) is 5.82 Å². The van der Waals surface area contributed by atoms with Gasteiger partial charge in [0.1, 0.15) is 11.2 Å². The van der Waals surface area contributed by atoms with Crippen molar-refractivity contribution < 1.29 is 4.42 Å². The molecule has 0 spiro atoms. The quantitative estimate of drug-likeness (QED) is 0.165. The summed E-state index contributed by atoms with van der Waals surface area (Å²) < 4.78 is 8.76. The fraction of sp³-hybridized carbons (Fsp3) is 0. The average Bonchev–Trinajstić information content (AvgIpc) is 3.92. The molecular formula is C52H33N3OSi. The van der Waals surface area contributed by atoms with E-state index in [9.17, 15) is 0 Å². The maximum absolute atomic E-state index is 6.40. The number of hydrogen-bond donors (Lipinski definition) is 0. The first-order valence-electron chi connectivity index (χ1n) is 19.4. The van der Waals surface area contributed by atoms with Gasteiger partial charge in [-0.3, -0.25) is 0 Å². The lowest BCUT2D eigenvalue weighted by atomic mass is 10.00. The van der Waals surface area contributed by atoms with Crippen LogP contribution in [0.5, 0.6) is 0 Å². The van der Waals surface area contributed by atoms with E-state index in [2.05, 4.69) is 187 Å². The predicted molar refractivity (Wildman–Crippen MR) is 237 cm³/mol. The van der Waals surface area contributed by atoms with E-state index in [4.69, 9.17) is 14.4 Å². The van der Waals surface area contributed by atoms with E-state index in [0.29, 0.717) is 0 Å². The molecule has 4 heterocycles. The Hall–Kier alpha value is -7.34. The second-order valence-electron chi connectivity index (χ2n) is 14.9. The van der Waals surface area contributed by atoms with Crippen LogP contribution >= 0.6 is 0 Å². The van der Waals surface area contributed by atoms with Gasteiger partial charge in [-0.25, -0.2) is 9.97 Å². The van der Waals surface area contributed by atoms with Crippen molar-refractivity contribution in [3.63, 3.8) is 0 Å².